The summed E-state index contributed by atoms with van der Waals surface area (Å²) in [7, 11) is 3.17. The molecule has 2 heterocycles. The van der Waals surface area contributed by atoms with Gasteiger partial charge < -0.3 is 25.0 Å². The van der Waals surface area contributed by atoms with Gasteiger partial charge in [0.2, 0.25) is 11.9 Å². The van der Waals surface area contributed by atoms with E-state index in [1.165, 1.54) is 12.8 Å². The first-order chi connectivity index (χ1) is 16.5. The summed E-state index contributed by atoms with van der Waals surface area (Å²) >= 11 is 5.54. The van der Waals surface area contributed by atoms with Crippen LogP contribution in [0, 0.1) is 5.92 Å². The first-order valence-corrected chi connectivity index (χ1v) is 11.8. The van der Waals surface area contributed by atoms with Crippen molar-refractivity contribution in [3.05, 3.63) is 47.5 Å². The van der Waals surface area contributed by atoms with Crippen LogP contribution in [-0.2, 0) is 4.79 Å². The van der Waals surface area contributed by atoms with Crippen molar-refractivity contribution in [2.45, 2.75) is 19.3 Å². The smallest absolute Gasteiger partial charge is 0.228 e. The van der Waals surface area contributed by atoms with Crippen molar-refractivity contribution in [3.8, 4) is 11.5 Å². The first kappa shape index (κ1) is 23.9. The normalized spacial score (nSPS) is 15.5. The number of anilines is 2. The van der Waals surface area contributed by atoms with Crippen molar-refractivity contribution in [2.24, 2.45) is 5.92 Å². The zero-order chi connectivity index (χ0) is 24.1. The fourth-order valence-electron chi connectivity index (χ4n) is 3.88. The minimum Gasteiger partial charge on any atom is -0.493 e. The number of nitrogen functional groups attached to an aromatic ring is 1. The van der Waals surface area contributed by atoms with E-state index in [9.17, 15) is 4.79 Å². The monoisotopic (exact) mass is 483 g/mol. The summed E-state index contributed by atoms with van der Waals surface area (Å²) in [5.41, 5.74) is 6.89. The van der Waals surface area contributed by atoms with Gasteiger partial charge >= 0.3 is 0 Å². The lowest BCUT2D eigenvalue weighted by Gasteiger charge is -2.35. The highest BCUT2D eigenvalue weighted by molar-refractivity contribution is 6.30. The van der Waals surface area contributed by atoms with Gasteiger partial charge in [-0.1, -0.05) is 29.8 Å². The predicted octanol–water partition coefficient (Wildman–Crippen LogP) is 4.02. The maximum absolute atomic E-state index is 12.3. The Hall–Kier alpha value is -3.26. The highest BCUT2D eigenvalue weighted by Gasteiger charge is 2.29. The number of amides is 1. The molecule has 1 saturated heterocycles. The molecule has 34 heavy (non-hydrogen) atoms. The Morgan fingerprint density at radius 1 is 1.03 bits per heavy atom. The lowest BCUT2D eigenvalue weighted by Crippen LogP contribution is -2.49. The van der Waals surface area contributed by atoms with Crippen LogP contribution in [0.4, 0.5) is 11.8 Å². The molecular weight excluding hydrogens is 454 g/mol. The molecule has 1 aliphatic carbocycles. The molecule has 2 fully saturated rings. The fourth-order valence-corrected chi connectivity index (χ4v) is 4.02. The lowest BCUT2D eigenvalue weighted by atomic mass is 10.2. The number of piperazine rings is 1. The molecule has 0 atom stereocenters. The van der Waals surface area contributed by atoms with Crippen molar-refractivity contribution in [2.75, 3.05) is 51.0 Å². The maximum atomic E-state index is 12.3. The van der Waals surface area contributed by atoms with Crippen LogP contribution in [0.1, 0.15) is 19.3 Å². The SMILES string of the molecule is COc1cc2nc(N3CCN(C(=O)CC4CC4)CC3)nc(N)c2cc1OC.Clc1ccccc1. The molecule has 0 unspecified atom stereocenters. The van der Waals surface area contributed by atoms with Crippen LogP contribution in [0.2, 0.25) is 5.02 Å². The minimum absolute atomic E-state index is 0.271. The van der Waals surface area contributed by atoms with Crippen LogP contribution in [-0.4, -0.2) is 61.2 Å². The van der Waals surface area contributed by atoms with E-state index in [2.05, 4.69) is 14.9 Å². The van der Waals surface area contributed by atoms with Gasteiger partial charge in [0, 0.05) is 49.1 Å². The molecule has 8 nitrogen and oxygen atoms in total. The predicted molar refractivity (Wildman–Crippen MR) is 135 cm³/mol. The third-order valence-electron chi connectivity index (χ3n) is 6.03. The molecular formula is C25H30ClN5O3. The highest BCUT2D eigenvalue weighted by atomic mass is 35.5. The molecule has 0 bridgehead atoms. The van der Waals surface area contributed by atoms with Gasteiger partial charge in [0.05, 0.1) is 19.7 Å². The van der Waals surface area contributed by atoms with Crippen molar-refractivity contribution in [1.82, 2.24) is 14.9 Å². The molecule has 1 amide bonds. The number of aromatic nitrogens is 2. The van der Waals surface area contributed by atoms with E-state index >= 15 is 0 Å². The maximum Gasteiger partial charge on any atom is 0.228 e. The number of nitrogens with zero attached hydrogens (tertiary/aromatic N) is 4. The molecule has 9 heteroatoms. The molecule has 5 rings (SSSR count). The van der Waals surface area contributed by atoms with Gasteiger partial charge in [0.25, 0.3) is 0 Å². The third-order valence-corrected chi connectivity index (χ3v) is 6.28. The van der Waals surface area contributed by atoms with Gasteiger partial charge in [0.1, 0.15) is 5.82 Å². The summed E-state index contributed by atoms with van der Waals surface area (Å²) in [5.74, 6) is 3.07. The molecule has 0 spiro atoms. The molecule has 2 aliphatic rings. The summed E-state index contributed by atoms with van der Waals surface area (Å²) in [6.45, 7) is 2.79. The first-order valence-electron chi connectivity index (χ1n) is 11.4. The van der Waals surface area contributed by atoms with E-state index in [1.807, 2.05) is 41.3 Å². The van der Waals surface area contributed by atoms with Crippen LogP contribution < -0.4 is 20.1 Å². The number of ether oxygens (including phenoxy) is 2. The fraction of sp³-hybridized carbons (Fsp3) is 0.400. The Labute approximate surface area is 204 Å². The van der Waals surface area contributed by atoms with Gasteiger partial charge in [-0.2, -0.15) is 4.98 Å². The highest BCUT2D eigenvalue weighted by Crippen LogP contribution is 2.35. The Balaban J connectivity index is 0.000000336. The van der Waals surface area contributed by atoms with Crippen LogP contribution in [0.3, 0.4) is 0 Å². The van der Waals surface area contributed by atoms with Gasteiger partial charge in [-0.05, 0) is 37.0 Å². The van der Waals surface area contributed by atoms with E-state index in [1.54, 1.807) is 20.3 Å². The van der Waals surface area contributed by atoms with Crippen molar-refractivity contribution < 1.29 is 14.3 Å². The summed E-state index contributed by atoms with van der Waals surface area (Å²) in [5, 5.41) is 1.53. The number of fused-ring (bicyclic) bond motifs is 1. The molecule has 0 radical (unpaired) electrons. The standard InChI is InChI=1S/C19H25N5O3.C6H5Cl/c1-26-15-10-13-14(11-16(15)27-2)21-19(22-18(13)20)24-7-5-23(6-8-24)17(25)9-12-3-4-12;7-6-4-2-1-3-5-6/h10-12H,3-9H2,1-2H3,(H2,20,21,22);1-5H. The van der Waals surface area contributed by atoms with Crippen molar-refractivity contribution in [1.29, 1.82) is 0 Å². The van der Waals surface area contributed by atoms with Gasteiger partial charge in [-0.25, -0.2) is 4.98 Å². The van der Waals surface area contributed by atoms with E-state index in [0.717, 1.165) is 10.4 Å². The molecule has 1 saturated carbocycles. The number of hydrogen-bond acceptors (Lipinski definition) is 7. The Morgan fingerprint density at radius 3 is 2.24 bits per heavy atom. The van der Waals surface area contributed by atoms with Crippen molar-refractivity contribution >= 4 is 40.2 Å². The minimum atomic E-state index is 0.271. The quantitative estimate of drug-likeness (QED) is 0.585. The zero-order valence-electron chi connectivity index (χ0n) is 19.5. The van der Waals surface area contributed by atoms with E-state index in [0.29, 0.717) is 67.3 Å². The lowest BCUT2D eigenvalue weighted by molar-refractivity contribution is -0.131. The largest absolute Gasteiger partial charge is 0.493 e. The van der Waals surface area contributed by atoms with Crippen LogP contribution in [0.15, 0.2) is 42.5 Å². The average Bonchev–Trinajstić information content (AvgIpc) is 3.68. The van der Waals surface area contributed by atoms with Crippen LogP contribution in [0.25, 0.3) is 10.9 Å². The van der Waals surface area contributed by atoms with Crippen LogP contribution >= 0.6 is 11.6 Å². The molecule has 180 valence electrons. The topological polar surface area (TPSA) is 93.8 Å². The second kappa shape index (κ2) is 10.8. The number of methoxy groups -OCH3 is 2. The molecule has 2 aromatic carbocycles. The Bertz CT molecular complexity index is 1130. The number of carbonyl (C=O) groups is 1. The second-order valence-corrected chi connectivity index (χ2v) is 8.88. The summed E-state index contributed by atoms with van der Waals surface area (Å²) < 4.78 is 10.7. The van der Waals surface area contributed by atoms with Gasteiger partial charge in [-0.3, -0.25) is 4.79 Å². The number of nitrogens with two attached hydrogens (primary N) is 1. The van der Waals surface area contributed by atoms with Gasteiger partial charge in [-0.15, -0.1) is 0 Å². The summed E-state index contributed by atoms with van der Waals surface area (Å²) in [6.07, 6.45) is 3.09. The molecule has 3 aromatic rings. The zero-order valence-corrected chi connectivity index (χ0v) is 20.3. The number of benzene rings is 2. The van der Waals surface area contributed by atoms with Gasteiger partial charge in [0.15, 0.2) is 11.5 Å². The van der Waals surface area contributed by atoms with Crippen LogP contribution in [0.5, 0.6) is 11.5 Å². The van der Waals surface area contributed by atoms with E-state index in [4.69, 9.17) is 26.8 Å². The number of hydrogen-bond donors (Lipinski definition) is 1. The Morgan fingerprint density at radius 2 is 1.68 bits per heavy atom. The summed E-state index contributed by atoms with van der Waals surface area (Å²) in [4.78, 5) is 25.5. The average molecular weight is 484 g/mol. The molecule has 1 aromatic heterocycles. The number of rotatable bonds is 5. The molecule has 2 N–H and O–H groups in total. The Kier molecular flexibility index (Phi) is 7.57. The van der Waals surface area contributed by atoms with E-state index in [-0.39, 0.29) is 5.91 Å². The number of carbonyl (C=O) groups excluding carboxylic acids is 1. The number of halogens is 1. The van der Waals surface area contributed by atoms with Crippen molar-refractivity contribution in [3.63, 3.8) is 0 Å². The van der Waals surface area contributed by atoms with E-state index < -0.39 is 0 Å². The molecule has 1 aliphatic heterocycles. The summed E-state index contributed by atoms with van der Waals surface area (Å²) in [6, 6.07) is 13.0. The second-order valence-electron chi connectivity index (χ2n) is 8.44. The third kappa shape index (κ3) is 5.80.